The average molecular weight is 485 g/mol. The van der Waals surface area contributed by atoms with Crippen LogP contribution in [0.5, 0.6) is 0 Å². The second kappa shape index (κ2) is 8.66. The molecule has 0 unspecified atom stereocenters. The van der Waals surface area contributed by atoms with E-state index in [9.17, 15) is 4.79 Å². The summed E-state index contributed by atoms with van der Waals surface area (Å²) in [6.07, 6.45) is 0. The first-order chi connectivity index (χ1) is 13.9. The van der Waals surface area contributed by atoms with Crippen LogP contribution in [-0.2, 0) is 0 Å². The zero-order chi connectivity index (χ0) is 20.5. The molecule has 1 fully saturated rings. The second-order valence-corrected chi connectivity index (χ2v) is 9.24. The van der Waals surface area contributed by atoms with Crippen LogP contribution >= 0.6 is 58.4 Å². The number of halogens is 3. The van der Waals surface area contributed by atoms with Gasteiger partial charge in [0.1, 0.15) is 4.88 Å². The number of rotatable bonds is 2. The maximum Gasteiger partial charge on any atom is 0.265 e. The molecule has 1 saturated heterocycles. The summed E-state index contributed by atoms with van der Waals surface area (Å²) in [5, 5.41) is 6.36. The number of nitrogens with zero attached hydrogens (tertiary/aromatic N) is 2. The third-order valence-corrected chi connectivity index (χ3v) is 7.33. The molecule has 0 aliphatic carbocycles. The number of thiophene rings is 1. The van der Waals surface area contributed by atoms with Gasteiger partial charge >= 0.3 is 0 Å². The number of amides is 1. The lowest BCUT2D eigenvalue weighted by atomic mass is 10.2. The van der Waals surface area contributed by atoms with Gasteiger partial charge in [-0.25, -0.2) is 0 Å². The molecule has 2 heterocycles. The van der Waals surface area contributed by atoms with Crippen molar-refractivity contribution in [1.82, 2.24) is 9.80 Å². The van der Waals surface area contributed by atoms with Crippen molar-refractivity contribution in [1.29, 1.82) is 0 Å². The van der Waals surface area contributed by atoms with Crippen molar-refractivity contribution in [2.24, 2.45) is 0 Å². The van der Waals surface area contributed by atoms with Crippen molar-refractivity contribution in [2.45, 2.75) is 0 Å². The Balaban J connectivity index is 1.42. The highest BCUT2D eigenvalue weighted by Gasteiger charge is 2.27. The zero-order valence-electron chi connectivity index (χ0n) is 15.1. The zero-order valence-corrected chi connectivity index (χ0v) is 19.0. The molecule has 4 nitrogen and oxygen atoms in total. The van der Waals surface area contributed by atoms with Crippen LogP contribution in [0.3, 0.4) is 0 Å². The van der Waals surface area contributed by atoms with E-state index in [2.05, 4.69) is 5.32 Å². The molecule has 0 atom stereocenters. The minimum absolute atomic E-state index is 0.0584. The van der Waals surface area contributed by atoms with Crippen LogP contribution in [0.1, 0.15) is 9.67 Å². The van der Waals surface area contributed by atoms with Gasteiger partial charge in [0.15, 0.2) is 5.11 Å². The number of anilines is 1. The van der Waals surface area contributed by atoms with E-state index in [-0.39, 0.29) is 5.91 Å². The van der Waals surface area contributed by atoms with E-state index in [4.69, 9.17) is 47.0 Å². The summed E-state index contributed by atoms with van der Waals surface area (Å²) in [5.41, 5.74) is 0.772. The van der Waals surface area contributed by atoms with E-state index in [0.717, 1.165) is 15.8 Å². The average Bonchev–Trinajstić information content (AvgIpc) is 3.05. The summed E-state index contributed by atoms with van der Waals surface area (Å²) in [6.45, 7) is 2.40. The van der Waals surface area contributed by atoms with E-state index in [1.807, 2.05) is 46.2 Å². The molecule has 0 bridgehead atoms. The molecule has 1 amide bonds. The normalized spacial score (nSPS) is 14.3. The van der Waals surface area contributed by atoms with Gasteiger partial charge in [-0.3, -0.25) is 4.79 Å². The van der Waals surface area contributed by atoms with E-state index in [1.54, 1.807) is 6.07 Å². The Kier molecular flexibility index (Phi) is 6.18. The molecule has 1 aliphatic heterocycles. The predicted octanol–water partition coefficient (Wildman–Crippen LogP) is 6.02. The smallest absolute Gasteiger partial charge is 0.265 e. The van der Waals surface area contributed by atoms with Gasteiger partial charge in [-0.2, -0.15) is 0 Å². The molecule has 3 aromatic rings. The highest BCUT2D eigenvalue weighted by Crippen LogP contribution is 2.37. The SMILES string of the molecule is O=C(c1sc2cc(Cl)ccc2c1Cl)N1CCN(C(=S)Nc2ccccc2Cl)CC1. The molecule has 29 heavy (non-hydrogen) atoms. The highest BCUT2D eigenvalue weighted by molar-refractivity contribution is 7.80. The van der Waals surface area contributed by atoms with Crippen LogP contribution in [0.2, 0.25) is 15.1 Å². The largest absolute Gasteiger partial charge is 0.345 e. The topological polar surface area (TPSA) is 35.6 Å². The molecule has 1 aromatic heterocycles. The van der Waals surface area contributed by atoms with E-state index >= 15 is 0 Å². The van der Waals surface area contributed by atoms with Crippen molar-refractivity contribution in [3.05, 3.63) is 62.4 Å². The van der Waals surface area contributed by atoms with Crippen molar-refractivity contribution in [3.63, 3.8) is 0 Å². The van der Waals surface area contributed by atoms with Crippen LogP contribution in [0.4, 0.5) is 5.69 Å². The Morgan fingerprint density at radius 3 is 2.41 bits per heavy atom. The van der Waals surface area contributed by atoms with Crippen LogP contribution in [0.15, 0.2) is 42.5 Å². The van der Waals surface area contributed by atoms with Crippen molar-refractivity contribution >= 4 is 85.2 Å². The Bertz CT molecular complexity index is 1090. The number of carbonyl (C=O) groups is 1. The van der Waals surface area contributed by atoms with Gasteiger partial charge in [0.2, 0.25) is 0 Å². The Morgan fingerprint density at radius 2 is 1.69 bits per heavy atom. The molecule has 150 valence electrons. The number of piperazine rings is 1. The monoisotopic (exact) mass is 483 g/mol. The number of nitrogens with one attached hydrogen (secondary N) is 1. The third kappa shape index (κ3) is 4.32. The first-order valence-corrected chi connectivity index (χ1v) is 11.3. The minimum atomic E-state index is -0.0584. The lowest BCUT2D eigenvalue weighted by molar-refractivity contribution is 0.0698. The Hall–Kier alpha value is -1.57. The molecule has 1 N–H and O–H groups in total. The van der Waals surface area contributed by atoms with Gasteiger partial charge in [-0.05, 0) is 36.5 Å². The summed E-state index contributed by atoms with van der Waals surface area (Å²) in [5.74, 6) is -0.0584. The molecule has 0 radical (unpaired) electrons. The third-order valence-electron chi connectivity index (χ3n) is 4.76. The maximum absolute atomic E-state index is 13.0. The Morgan fingerprint density at radius 1 is 1.00 bits per heavy atom. The summed E-state index contributed by atoms with van der Waals surface area (Å²) in [7, 11) is 0. The Labute approximate surface area is 192 Å². The summed E-state index contributed by atoms with van der Waals surface area (Å²) >= 11 is 25.6. The van der Waals surface area contributed by atoms with Crippen LogP contribution < -0.4 is 5.32 Å². The van der Waals surface area contributed by atoms with Crippen molar-refractivity contribution in [3.8, 4) is 0 Å². The van der Waals surface area contributed by atoms with Crippen LogP contribution in [0, 0.1) is 0 Å². The number of fused-ring (bicyclic) bond motifs is 1. The molecular formula is C20H16Cl3N3OS2. The van der Waals surface area contributed by atoms with Gasteiger partial charge < -0.3 is 15.1 Å². The minimum Gasteiger partial charge on any atom is -0.345 e. The van der Waals surface area contributed by atoms with Gasteiger partial charge in [-0.1, -0.05) is 53.0 Å². The van der Waals surface area contributed by atoms with Gasteiger partial charge in [0.05, 0.1) is 15.7 Å². The lowest BCUT2D eigenvalue weighted by Gasteiger charge is -2.36. The fourth-order valence-electron chi connectivity index (χ4n) is 3.19. The van der Waals surface area contributed by atoms with E-state index in [1.165, 1.54) is 11.3 Å². The molecular weight excluding hydrogens is 469 g/mol. The molecule has 0 saturated carbocycles. The van der Waals surface area contributed by atoms with E-state index in [0.29, 0.717) is 51.2 Å². The molecule has 4 rings (SSSR count). The summed E-state index contributed by atoms with van der Waals surface area (Å²) < 4.78 is 0.912. The number of hydrogen-bond acceptors (Lipinski definition) is 3. The maximum atomic E-state index is 13.0. The highest BCUT2D eigenvalue weighted by atomic mass is 35.5. The molecule has 9 heteroatoms. The van der Waals surface area contributed by atoms with Crippen LogP contribution in [0.25, 0.3) is 10.1 Å². The molecule has 1 aliphatic rings. The number of para-hydroxylation sites is 1. The van der Waals surface area contributed by atoms with Crippen molar-refractivity contribution in [2.75, 3.05) is 31.5 Å². The standard InChI is InChI=1S/C20H16Cl3N3OS2/c21-12-5-6-13-16(11-12)29-18(17(13)23)19(27)25-7-9-26(10-8-25)20(28)24-15-4-2-1-3-14(15)22/h1-6,11H,7-10H2,(H,24,28). The van der Waals surface area contributed by atoms with Crippen molar-refractivity contribution < 1.29 is 4.79 Å². The number of carbonyl (C=O) groups excluding carboxylic acids is 1. The number of hydrogen-bond donors (Lipinski definition) is 1. The fraction of sp³-hybridized carbons (Fsp3) is 0.200. The number of thiocarbonyl (C=S) groups is 1. The van der Waals surface area contributed by atoms with Gasteiger partial charge in [0.25, 0.3) is 5.91 Å². The van der Waals surface area contributed by atoms with Gasteiger partial charge in [0, 0.05) is 41.3 Å². The van der Waals surface area contributed by atoms with Crippen LogP contribution in [-0.4, -0.2) is 47.0 Å². The number of benzene rings is 2. The summed E-state index contributed by atoms with van der Waals surface area (Å²) in [4.78, 5) is 17.4. The lowest BCUT2D eigenvalue weighted by Crippen LogP contribution is -2.51. The molecule has 0 spiro atoms. The first-order valence-electron chi connectivity index (χ1n) is 8.91. The predicted molar refractivity (Wildman–Crippen MR) is 127 cm³/mol. The first kappa shape index (κ1) is 20.7. The summed E-state index contributed by atoms with van der Waals surface area (Å²) in [6, 6.07) is 12.9. The fourth-order valence-corrected chi connectivity index (χ4v) is 5.42. The van der Waals surface area contributed by atoms with E-state index < -0.39 is 0 Å². The quantitative estimate of drug-likeness (QED) is 0.451. The molecule has 2 aromatic carbocycles. The van der Waals surface area contributed by atoms with Gasteiger partial charge in [-0.15, -0.1) is 11.3 Å². The second-order valence-electron chi connectivity index (χ2n) is 6.57.